The van der Waals surface area contributed by atoms with Crippen molar-refractivity contribution in [2.45, 2.75) is 37.7 Å². The van der Waals surface area contributed by atoms with Gasteiger partial charge in [0.15, 0.2) is 5.15 Å². The molecule has 5 rings (SSSR count). The Morgan fingerprint density at radius 2 is 1.86 bits per heavy atom. The quantitative estimate of drug-likeness (QED) is 0.380. The van der Waals surface area contributed by atoms with E-state index in [0.29, 0.717) is 40.9 Å². The third kappa shape index (κ3) is 4.37. The van der Waals surface area contributed by atoms with Crippen LogP contribution in [0.2, 0.25) is 10.3 Å². The van der Waals surface area contributed by atoms with E-state index in [2.05, 4.69) is 15.4 Å². The highest BCUT2D eigenvalue weighted by molar-refractivity contribution is 6.33. The molecule has 35 heavy (non-hydrogen) atoms. The molecule has 0 atom stereocenters. The van der Waals surface area contributed by atoms with Crippen LogP contribution in [0.1, 0.15) is 30.1 Å². The van der Waals surface area contributed by atoms with Crippen molar-refractivity contribution in [3.63, 3.8) is 0 Å². The van der Waals surface area contributed by atoms with Crippen molar-refractivity contribution in [2.24, 2.45) is 0 Å². The van der Waals surface area contributed by atoms with Gasteiger partial charge in [0.2, 0.25) is 0 Å². The van der Waals surface area contributed by atoms with Gasteiger partial charge in [-0.2, -0.15) is 9.78 Å². The maximum absolute atomic E-state index is 13.1. The van der Waals surface area contributed by atoms with E-state index in [9.17, 15) is 23.1 Å². The number of hydrogen-bond donors (Lipinski definition) is 2. The van der Waals surface area contributed by atoms with Crippen LogP contribution in [-0.4, -0.2) is 41.8 Å². The van der Waals surface area contributed by atoms with Gasteiger partial charge in [-0.15, -0.1) is 13.2 Å². The first-order valence-corrected chi connectivity index (χ1v) is 11.3. The molecule has 1 amide bonds. The smallest absolute Gasteiger partial charge is 0.390 e. The van der Waals surface area contributed by atoms with Crippen molar-refractivity contribution in [3.8, 4) is 22.4 Å². The number of aromatic nitrogens is 4. The van der Waals surface area contributed by atoms with Crippen molar-refractivity contribution in [1.29, 1.82) is 0 Å². The van der Waals surface area contributed by atoms with Crippen LogP contribution in [-0.2, 0) is 6.30 Å². The SMILES string of the molecule is CC1(O)CC(NC(=O)c2ccn3c(Cl)c(-c4ccccc4-c4cn(C(F)(F)F)nc4Cl)nc3c2)C1. The van der Waals surface area contributed by atoms with Crippen LogP contribution in [0, 0.1) is 0 Å². The number of nitrogens with one attached hydrogen (secondary N) is 1. The third-order valence-electron chi connectivity index (χ3n) is 5.94. The van der Waals surface area contributed by atoms with Gasteiger partial charge in [-0.05, 0) is 37.5 Å². The number of benzene rings is 1. The molecule has 0 radical (unpaired) electrons. The average molecular weight is 524 g/mol. The lowest BCUT2D eigenvalue weighted by Gasteiger charge is -2.41. The monoisotopic (exact) mass is 523 g/mol. The summed E-state index contributed by atoms with van der Waals surface area (Å²) in [5.41, 5.74) is 1.18. The number of carbonyl (C=O) groups is 1. The van der Waals surface area contributed by atoms with Crippen molar-refractivity contribution in [1.82, 2.24) is 24.5 Å². The number of halogens is 5. The number of amides is 1. The van der Waals surface area contributed by atoms with E-state index in [1.807, 2.05) is 0 Å². The number of rotatable bonds is 4. The highest BCUT2D eigenvalue weighted by atomic mass is 35.5. The molecule has 0 saturated heterocycles. The molecule has 3 heterocycles. The van der Waals surface area contributed by atoms with Crippen LogP contribution in [0.4, 0.5) is 13.2 Å². The summed E-state index contributed by atoms with van der Waals surface area (Å²) in [6.45, 7) is 1.72. The summed E-state index contributed by atoms with van der Waals surface area (Å²) in [5.74, 6) is -0.305. The van der Waals surface area contributed by atoms with Gasteiger partial charge in [-0.3, -0.25) is 9.20 Å². The predicted octanol–water partition coefficient (Wildman–Crippen LogP) is 5.29. The molecule has 1 fully saturated rings. The molecule has 1 aliphatic carbocycles. The van der Waals surface area contributed by atoms with Crippen LogP contribution in [0.3, 0.4) is 0 Å². The first-order valence-electron chi connectivity index (χ1n) is 10.6. The minimum absolute atomic E-state index is 0.0733. The Morgan fingerprint density at radius 1 is 1.17 bits per heavy atom. The summed E-state index contributed by atoms with van der Waals surface area (Å²) in [7, 11) is 0. The van der Waals surface area contributed by atoms with Gasteiger partial charge >= 0.3 is 6.30 Å². The molecule has 3 aromatic heterocycles. The number of alkyl halides is 3. The minimum Gasteiger partial charge on any atom is -0.390 e. The fourth-order valence-corrected chi connectivity index (χ4v) is 4.81. The summed E-state index contributed by atoms with van der Waals surface area (Å²) in [5, 5.41) is 16.0. The lowest BCUT2D eigenvalue weighted by molar-refractivity contribution is -0.212. The molecule has 182 valence electrons. The van der Waals surface area contributed by atoms with Gasteiger partial charge in [0.25, 0.3) is 5.91 Å². The Morgan fingerprint density at radius 3 is 2.49 bits per heavy atom. The topological polar surface area (TPSA) is 84.5 Å². The second kappa shape index (κ2) is 8.25. The van der Waals surface area contributed by atoms with E-state index >= 15 is 0 Å². The van der Waals surface area contributed by atoms with Crippen LogP contribution < -0.4 is 5.32 Å². The van der Waals surface area contributed by atoms with Crippen molar-refractivity contribution in [3.05, 3.63) is 64.7 Å². The lowest BCUT2D eigenvalue weighted by atomic mass is 9.77. The Bertz CT molecular complexity index is 1450. The molecule has 12 heteroatoms. The Kier molecular flexibility index (Phi) is 5.58. The van der Waals surface area contributed by atoms with Crippen LogP contribution in [0.25, 0.3) is 28.0 Å². The summed E-state index contributed by atoms with van der Waals surface area (Å²) < 4.78 is 40.8. The lowest BCUT2D eigenvalue weighted by Crippen LogP contribution is -2.53. The average Bonchev–Trinajstić information content (AvgIpc) is 3.32. The molecule has 1 aromatic carbocycles. The molecule has 0 unspecified atom stereocenters. The molecule has 0 aliphatic heterocycles. The van der Waals surface area contributed by atoms with E-state index in [1.54, 1.807) is 53.9 Å². The van der Waals surface area contributed by atoms with Gasteiger partial charge in [0.05, 0.1) is 5.60 Å². The van der Waals surface area contributed by atoms with Gasteiger partial charge < -0.3 is 10.4 Å². The number of carbonyl (C=O) groups excluding carboxylic acids is 1. The fraction of sp³-hybridized carbons (Fsp3) is 0.261. The number of nitrogens with zero attached hydrogens (tertiary/aromatic N) is 4. The van der Waals surface area contributed by atoms with E-state index < -0.39 is 11.9 Å². The number of pyridine rings is 1. The molecule has 1 aliphatic rings. The van der Waals surface area contributed by atoms with Gasteiger partial charge in [-0.1, -0.05) is 47.5 Å². The first kappa shape index (κ1) is 23.7. The maximum atomic E-state index is 13.1. The van der Waals surface area contributed by atoms with Crippen LogP contribution in [0.15, 0.2) is 48.8 Å². The van der Waals surface area contributed by atoms with E-state index in [-0.39, 0.29) is 32.5 Å². The second-order valence-electron chi connectivity index (χ2n) is 8.76. The fourth-order valence-electron chi connectivity index (χ4n) is 4.29. The zero-order chi connectivity index (χ0) is 25.1. The van der Waals surface area contributed by atoms with Gasteiger partial charge in [0.1, 0.15) is 16.5 Å². The highest BCUT2D eigenvalue weighted by Gasteiger charge is 2.39. The second-order valence-corrected chi connectivity index (χ2v) is 9.48. The number of fused-ring (bicyclic) bond motifs is 1. The Hall–Kier alpha value is -3.08. The van der Waals surface area contributed by atoms with E-state index in [4.69, 9.17) is 23.2 Å². The number of aliphatic hydroxyl groups is 1. The molecular formula is C23H18Cl2F3N5O2. The molecule has 1 saturated carbocycles. The zero-order valence-corrected chi connectivity index (χ0v) is 19.7. The molecule has 4 aromatic rings. The Labute approximate surface area is 207 Å². The van der Waals surface area contributed by atoms with Crippen molar-refractivity contribution < 1.29 is 23.1 Å². The molecule has 2 N–H and O–H groups in total. The van der Waals surface area contributed by atoms with E-state index in [1.165, 1.54) is 0 Å². The number of hydrogen-bond acceptors (Lipinski definition) is 4. The summed E-state index contributed by atoms with van der Waals surface area (Å²) in [4.78, 5) is 17.2. The summed E-state index contributed by atoms with van der Waals surface area (Å²) >= 11 is 12.6. The molecular weight excluding hydrogens is 506 g/mol. The molecule has 0 bridgehead atoms. The molecule has 7 nitrogen and oxygen atoms in total. The minimum atomic E-state index is -4.72. The van der Waals surface area contributed by atoms with Crippen molar-refractivity contribution in [2.75, 3.05) is 0 Å². The highest BCUT2D eigenvalue weighted by Crippen LogP contribution is 2.39. The van der Waals surface area contributed by atoms with Gasteiger partial charge in [0, 0.05) is 35.1 Å². The standard InChI is InChI=1S/C23H18Cl2F3N5O2/c1-22(35)9-13(10-22)29-21(34)12-6-7-32-17(8-12)30-18(20(32)25)15-5-3-2-4-14(15)16-11-33(23(26,27)28)31-19(16)24/h2-8,11,13,35H,9-10H2,1H3,(H,29,34). The first-order chi connectivity index (χ1) is 16.4. The van der Waals surface area contributed by atoms with Crippen molar-refractivity contribution >= 4 is 34.8 Å². The molecule has 0 spiro atoms. The van der Waals surface area contributed by atoms with Crippen LogP contribution in [0.5, 0.6) is 0 Å². The maximum Gasteiger partial charge on any atom is 0.504 e. The summed E-state index contributed by atoms with van der Waals surface area (Å²) in [6.07, 6.45) is -1.36. The number of imidazole rings is 1. The summed E-state index contributed by atoms with van der Waals surface area (Å²) in [6, 6.07) is 9.68. The van der Waals surface area contributed by atoms with Gasteiger partial charge in [-0.25, -0.2) is 4.98 Å². The Balaban J connectivity index is 1.51. The largest absolute Gasteiger partial charge is 0.504 e. The predicted molar refractivity (Wildman–Crippen MR) is 124 cm³/mol. The van der Waals surface area contributed by atoms with E-state index in [0.717, 1.165) is 6.20 Å². The van der Waals surface area contributed by atoms with Crippen LogP contribution >= 0.6 is 23.2 Å². The third-order valence-corrected chi connectivity index (χ3v) is 6.58. The zero-order valence-electron chi connectivity index (χ0n) is 18.1. The normalized spacial score (nSPS) is 20.1.